The topological polar surface area (TPSA) is 184 Å². The van der Waals surface area contributed by atoms with Crippen LogP contribution in [-0.2, 0) is 40.1 Å². The first-order chi connectivity index (χ1) is 13.8. The summed E-state index contributed by atoms with van der Waals surface area (Å²) >= 11 is -2.09. The molecule has 0 heterocycles. The zero-order chi connectivity index (χ0) is 23.7. The van der Waals surface area contributed by atoms with E-state index in [9.17, 15) is 17.2 Å². The van der Waals surface area contributed by atoms with Crippen LogP contribution in [0.5, 0.6) is 0 Å². The summed E-state index contributed by atoms with van der Waals surface area (Å²) in [4.78, 5) is 0.482. The molecular weight excluding hydrogens is 663 g/mol. The molecule has 0 aliphatic heterocycles. The van der Waals surface area contributed by atoms with E-state index in [0.29, 0.717) is 4.90 Å². The van der Waals surface area contributed by atoms with Gasteiger partial charge in [0.05, 0.1) is 4.90 Å². The van der Waals surface area contributed by atoms with Gasteiger partial charge in [-0.15, -0.1) is 12.6 Å². The first kappa shape index (κ1) is 51.9. The maximum absolute atomic E-state index is 10.7. The molecule has 0 fully saturated rings. The fourth-order valence-electron chi connectivity index (χ4n) is 1.37. The van der Waals surface area contributed by atoms with Crippen molar-refractivity contribution >= 4 is 50.5 Å². The van der Waals surface area contributed by atoms with Gasteiger partial charge in [0, 0.05) is 15.6 Å². The van der Waals surface area contributed by atoms with Gasteiger partial charge in [-0.1, -0.05) is 44.7 Å². The number of benzene rings is 2. The number of aryl methyl sites for hydroxylation is 2. The Labute approximate surface area is 380 Å². The first-order valence-corrected chi connectivity index (χ1v) is 12.5. The van der Waals surface area contributed by atoms with Gasteiger partial charge in [0.15, 0.2) is 0 Å². The third kappa shape index (κ3) is 35.3. The molecule has 1 atom stereocenters. The summed E-state index contributed by atoms with van der Waals surface area (Å²) in [7, 11) is -2.65. The Morgan fingerprint density at radius 3 is 1.32 bits per heavy atom. The summed E-state index contributed by atoms with van der Waals surface area (Å²) in [5.74, 6) is 0. The van der Waals surface area contributed by atoms with Crippen LogP contribution in [0.25, 0.3) is 0 Å². The van der Waals surface area contributed by atoms with Gasteiger partial charge in [0.2, 0.25) is 0 Å². The van der Waals surface area contributed by atoms with Crippen molar-refractivity contribution in [2.45, 2.75) is 23.6 Å². The molecular formula is C14H19ClK4O11PS3+3. The summed E-state index contributed by atoms with van der Waals surface area (Å²) in [5, 5.41) is 14.6. The normalized spacial score (nSPS) is 9.47. The quantitative estimate of drug-likeness (QED) is 0.0780. The second kappa shape index (κ2) is 32.7. The van der Waals surface area contributed by atoms with Crippen molar-refractivity contribution in [2.24, 2.45) is 0 Å². The molecule has 0 aliphatic carbocycles. The Morgan fingerprint density at radius 1 is 0.824 bits per heavy atom. The molecule has 2 aromatic carbocycles. The first-order valence-electron chi connectivity index (χ1n) is 7.21. The van der Waals surface area contributed by atoms with E-state index >= 15 is 0 Å². The van der Waals surface area contributed by atoms with Crippen molar-refractivity contribution < 1.29 is 257 Å². The number of hydrogen-bond acceptors (Lipinski definition) is 11. The fraction of sp³-hybridized carbons (Fsp3) is 0.143. The second-order valence-corrected chi connectivity index (χ2v) is 9.34. The zero-order valence-corrected chi connectivity index (χ0v) is 36.2. The van der Waals surface area contributed by atoms with Crippen molar-refractivity contribution in [3.63, 3.8) is 0 Å². The molecule has 0 saturated heterocycles. The number of rotatable bonds is 4. The minimum atomic E-state index is -3.55. The number of halogens is 1. The molecule has 11 nitrogen and oxygen atoms in total. The fourth-order valence-corrected chi connectivity index (χ4v) is 2.54. The molecule has 172 valence electrons. The molecule has 2 rings (SSSR count). The number of hydrogen-bond donors (Lipinski definition) is 2. The Hall–Kier alpha value is 5.23. The Bertz CT molecular complexity index is 979. The van der Waals surface area contributed by atoms with Crippen LogP contribution < -0.4 is 206 Å². The van der Waals surface area contributed by atoms with Crippen LogP contribution in [-0.4, -0.2) is 40.3 Å². The van der Waals surface area contributed by atoms with Crippen LogP contribution in [0.1, 0.15) is 12.6 Å². The maximum atomic E-state index is 10.7. The summed E-state index contributed by atoms with van der Waals surface area (Å²) in [6, 6.07) is 13.1. The van der Waals surface area contributed by atoms with Gasteiger partial charge in [-0.05, 0) is 49.2 Å². The van der Waals surface area contributed by atoms with Crippen LogP contribution in [0.2, 0.25) is 0 Å². The average Bonchev–Trinajstić information content (AvgIpc) is 2.63. The average molecular weight is 682 g/mol. The van der Waals surface area contributed by atoms with Crippen molar-refractivity contribution in [1.82, 2.24) is 0 Å². The van der Waals surface area contributed by atoms with E-state index in [4.69, 9.17) is 33.8 Å². The monoisotopic (exact) mass is 681 g/mol. The largest absolute Gasteiger partial charge is 1.00 e. The van der Waals surface area contributed by atoms with E-state index in [2.05, 4.69) is 9.35 Å². The summed E-state index contributed by atoms with van der Waals surface area (Å²) in [5.41, 5.74) is 2.07. The second-order valence-electron chi connectivity index (χ2n) is 4.81. The van der Waals surface area contributed by atoms with Gasteiger partial charge in [-0.2, -0.15) is 0 Å². The van der Waals surface area contributed by atoms with Gasteiger partial charge in [-0.3, -0.25) is 4.21 Å². The van der Waals surface area contributed by atoms with E-state index in [0.717, 1.165) is 11.1 Å². The zero-order valence-electron chi connectivity index (χ0n) is 20.4. The predicted octanol–water partition coefficient (Wildman–Crippen LogP) is -9.51. The molecule has 0 bridgehead atoms. The Kier molecular flexibility index (Phi) is 50.0. The molecule has 0 amide bonds. The third-order valence-corrected chi connectivity index (χ3v) is 4.80. The summed E-state index contributed by atoms with van der Waals surface area (Å²) in [6.45, 7) is 3.79. The molecule has 2 aromatic rings. The molecule has 0 spiro atoms. The summed E-state index contributed by atoms with van der Waals surface area (Å²) < 4.78 is 74.0. The van der Waals surface area contributed by atoms with Gasteiger partial charge in [-0.25, -0.2) is 18.9 Å². The molecule has 0 aromatic heterocycles. The molecule has 2 N–H and O–H groups in total. The third-order valence-electron chi connectivity index (χ3n) is 2.60. The molecule has 0 aliphatic rings. The molecule has 1 unspecified atom stereocenters. The molecule has 20 heteroatoms. The van der Waals surface area contributed by atoms with E-state index in [1.54, 1.807) is 36.4 Å². The molecule has 0 saturated carbocycles. The van der Waals surface area contributed by atoms with Gasteiger partial charge >= 0.3 is 225 Å². The standard InChI is InChI=1S/C7H7ClO2S.C7H8O2S.4K.H3O4P.O3S.H/c1-6-2-4-7(5-3-6)11(8,9)10;1-6-2-4-7(5-3-6)10(8)9;;;;;1-3-5-4-2;1-4(2)3;/h2-5H,1H3;2-5H,1H3,(H,8,9);;;;;5H2,(H-,1,2);;/q;;4*+1;;;-1. The van der Waals surface area contributed by atoms with Crippen LogP contribution in [0, 0.1) is 13.8 Å². The van der Waals surface area contributed by atoms with Crippen molar-refractivity contribution in [3.8, 4) is 0 Å². The van der Waals surface area contributed by atoms with Gasteiger partial charge in [0.25, 0.3) is 9.05 Å². The van der Waals surface area contributed by atoms with Gasteiger partial charge < -0.3 is 5.98 Å². The van der Waals surface area contributed by atoms with E-state index in [1.807, 2.05) is 13.8 Å². The van der Waals surface area contributed by atoms with Crippen molar-refractivity contribution in [3.05, 3.63) is 59.7 Å². The van der Waals surface area contributed by atoms with Crippen molar-refractivity contribution in [1.29, 1.82) is 0 Å². The van der Waals surface area contributed by atoms with Crippen LogP contribution in [0.4, 0.5) is 0 Å². The van der Waals surface area contributed by atoms with Crippen LogP contribution >= 0.6 is 19.7 Å². The summed E-state index contributed by atoms with van der Waals surface area (Å²) in [6.07, 6.45) is 0. The van der Waals surface area contributed by atoms with E-state index in [-0.39, 0.29) is 212 Å². The predicted molar refractivity (Wildman–Crippen MR) is 111 cm³/mol. The Morgan fingerprint density at radius 2 is 1.12 bits per heavy atom. The van der Waals surface area contributed by atoms with E-state index < -0.39 is 39.8 Å². The SMILES string of the molecule is Cc1ccc(S(=O)(=O)Cl)cc1.Cc1ccc(S(=O)[O-])cc1.O=S(=O)=O.OO[PH2+]OO.[H-].[K+].[K+].[K+].[K+]. The molecule has 34 heavy (non-hydrogen) atoms. The van der Waals surface area contributed by atoms with Crippen LogP contribution in [0.15, 0.2) is 58.3 Å². The van der Waals surface area contributed by atoms with Crippen LogP contribution in [0.3, 0.4) is 0 Å². The van der Waals surface area contributed by atoms with Gasteiger partial charge in [0.1, 0.15) is 0 Å². The maximum Gasteiger partial charge on any atom is 1.00 e. The smallest absolute Gasteiger partial charge is 1.00 e. The minimum absolute atomic E-state index is 0. The van der Waals surface area contributed by atoms with Crippen molar-refractivity contribution in [2.75, 3.05) is 0 Å². The minimum Gasteiger partial charge on any atom is -1.00 e. The molecule has 0 radical (unpaired) electrons. The Balaban J connectivity index is -0.0000000610. The van der Waals surface area contributed by atoms with E-state index in [1.165, 1.54) is 12.1 Å².